The molecule has 0 saturated carbocycles. The number of hydrogen-bond donors (Lipinski definition) is 1. The summed E-state index contributed by atoms with van der Waals surface area (Å²) < 4.78 is 2.03. The van der Waals surface area contributed by atoms with Gasteiger partial charge in [0.15, 0.2) is 0 Å². The van der Waals surface area contributed by atoms with Crippen molar-refractivity contribution in [2.24, 2.45) is 0 Å². The Bertz CT molecular complexity index is 260. The molecule has 2 nitrogen and oxygen atoms in total. The monoisotopic (exact) mass is 134 g/mol. The molecule has 10 heavy (non-hydrogen) atoms. The summed E-state index contributed by atoms with van der Waals surface area (Å²) in [6.07, 6.45) is 6.30. The van der Waals surface area contributed by atoms with Gasteiger partial charge in [0.05, 0.1) is 11.7 Å². The van der Waals surface area contributed by atoms with Crippen LogP contribution in [0.3, 0.4) is 0 Å². The molecule has 0 fully saturated rings. The average Bonchev–Trinajstić information content (AvgIpc) is 2.33. The van der Waals surface area contributed by atoms with Crippen LogP contribution in [0.4, 0.5) is 0 Å². The Morgan fingerprint density at radius 3 is 3.40 bits per heavy atom. The van der Waals surface area contributed by atoms with Crippen LogP contribution in [0.5, 0.6) is 0 Å². The van der Waals surface area contributed by atoms with Crippen LogP contribution in [0.25, 0.3) is 6.08 Å². The number of aromatic nitrogens is 1. The molecule has 0 radical (unpaired) electrons. The van der Waals surface area contributed by atoms with Gasteiger partial charge in [-0.25, -0.2) is 0 Å². The molecule has 1 aromatic heterocycles. The normalized spacial score (nSPS) is 21.9. The molecule has 0 bridgehead atoms. The summed E-state index contributed by atoms with van der Waals surface area (Å²) in [5.41, 5.74) is 4.49. The molecule has 1 unspecified atom stereocenters. The van der Waals surface area contributed by atoms with Gasteiger partial charge in [0.2, 0.25) is 0 Å². The minimum atomic E-state index is 0.444. The van der Waals surface area contributed by atoms with Crippen LogP contribution in [-0.4, -0.2) is 10.7 Å². The highest BCUT2D eigenvalue weighted by atomic mass is 15.4. The summed E-state index contributed by atoms with van der Waals surface area (Å²) in [7, 11) is 0. The Labute approximate surface area is 60.1 Å². The Morgan fingerprint density at radius 1 is 1.60 bits per heavy atom. The van der Waals surface area contributed by atoms with Crippen molar-refractivity contribution in [3.8, 4) is 0 Å². The predicted octanol–water partition coefficient (Wildman–Crippen LogP) is 1.45. The summed E-state index contributed by atoms with van der Waals surface area (Å²) >= 11 is 0. The SMILES string of the molecule is CC1C=Cc2cccn2N1. The van der Waals surface area contributed by atoms with Crippen molar-refractivity contribution in [2.45, 2.75) is 13.0 Å². The second kappa shape index (κ2) is 1.90. The quantitative estimate of drug-likeness (QED) is 0.568. The molecule has 1 N–H and O–H groups in total. The number of nitrogens with zero attached hydrogens (tertiary/aromatic N) is 1. The lowest BCUT2D eigenvalue weighted by molar-refractivity contribution is 0.769. The summed E-state index contributed by atoms with van der Waals surface area (Å²) in [6, 6.07) is 4.56. The van der Waals surface area contributed by atoms with E-state index < -0.39 is 0 Å². The smallest absolute Gasteiger partial charge is 0.0617 e. The lowest BCUT2D eigenvalue weighted by atomic mass is 10.2. The maximum absolute atomic E-state index is 3.27. The second-order valence-corrected chi connectivity index (χ2v) is 2.58. The molecule has 2 heteroatoms. The molecule has 0 amide bonds. The summed E-state index contributed by atoms with van der Waals surface area (Å²) in [4.78, 5) is 0. The highest BCUT2D eigenvalue weighted by Gasteiger charge is 2.04. The van der Waals surface area contributed by atoms with Crippen molar-refractivity contribution in [3.05, 3.63) is 30.1 Å². The number of fused-ring (bicyclic) bond motifs is 1. The van der Waals surface area contributed by atoms with E-state index in [0.29, 0.717) is 6.04 Å². The second-order valence-electron chi connectivity index (χ2n) is 2.58. The molecule has 1 aromatic rings. The van der Waals surface area contributed by atoms with Gasteiger partial charge in [-0.2, -0.15) is 0 Å². The maximum atomic E-state index is 3.27. The first-order valence-corrected chi connectivity index (χ1v) is 3.48. The molecule has 0 aromatic carbocycles. The lowest BCUT2D eigenvalue weighted by Crippen LogP contribution is -2.26. The van der Waals surface area contributed by atoms with Crippen molar-refractivity contribution < 1.29 is 0 Å². The predicted molar refractivity (Wildman–Crippen MR) is 42.3 cm³/mol. The van der Waals surface area contributed by atoms with Gasteiger partial charge < -0.3 is 5.43 Å². The third-order valence-corrected chi connectivity index (χ3v) is 1.68. The van der Waals surface area contributed by atoms with Gasteiger partial charge >= 0.3 is 0 Å². The lowest BCUT2D eigenvalue weighted by Gasteiger charge is -2.18. The van der Waals surface area contributed by atoms with E-state index in [1.165, 1.54) is 5.69 Å². The molecule has 0 spiro atoms. The van der Waals surface area contributed by atoms with Crippen molar-refractivity contribution in [1.29, 1.82) is 0 Å². The van der Waals surface area contributed by atoms with Gasteiger partial charge in [0.1, 0.15) is 0 Å². The molecular weight excluding hydrogens is 124 g/mol. The molecule has 1 aliphatic rings. The van der Waals surface area contributed by atoms with Gasteiger partial charge in [0.25, 0.3) is 0 Å². The maximum Gasteiger partial charge on any atom is 0.0617 e. The van der Waals surface area contributed by atoms with Gasteiger partial charge in [-0.1, -0.05) is 6.08 Å². The zero-order valence-electron chi connectivity index (χ0n) is 5.91. The summed E-state index contributed by atoms with van der Waals surface area (Å²) in [6.45, 7) is 2.12. The van der Waals surface area contributed by atoms with Crippen LogP contribution >= 0.6 is 0 Å². The molecule has 0 saturated heterocycles. The van der Waals surface area contributed by atoms with Crippen molar-refractivity contribution in [3.63, 3.8) is 0 Å². The van der Waals surface area contributed by atoms with E-state index in [0.717, 1.165) is 0 Å². The number of rotatable bonds is 0. The third kappa shape index (κ3) is 0.727. The van der Waals surface area contributed by atoms with E-state index in [2.05, 4.69) is 30.6 Å². The minimum Gasteiger partial charge on any atom is -0.319 e. The zero-order chi connectivity index (χ0) is 6.97. The summed E-state index contributed by atoms with van der Waals surface area (Å²) in [5, 5.41) is 0. The van der Waals surface area contributed by atoms with E-state index in [9.17, 15) is 0 Å². The van der Waals surface area contributed by atoms with Crippen LogP contribution in [0.2, 0.25) is 0 Å². The highest BCUT2D eigenvalue weighted by molar-refractivity contribution is 5.49. The van der Waals surface area contributed by atoms with Gasteiger partial charge in [-0.05, 0) is 25.1 Å². The average molecular weight is 134 g/mol. The minimum absolute atomic E-state index is 0.444. The number of hydrogen-bond acceptors (Lipinski definition) is 1. The first-order chi connectivity index (χ1) is 4.86. The fourth-order valence-electron chi connectivity index (χ4n) is 1.15. The largest absolute Gasteiger partial charge is 0.319 e. The topological polar surface area (TPSA) is 17.0 Å². The van der Waals surface area contributed by atoms with Crippen LogP contribution < -0.4 is 5.43 Å². The van der Waals surface area contributed by atoms with E-state index >= 15 is 0 Å². The highest BCUT2D eigenvalue weighted by Crippen LogP contribution is 2.08. The van der Waals surface area contributed by atoms with Gasteiger partial charge in [-0.15, -0.1) is 0 Å². The fraction of sp³-hybridized carbons (Fsp3) is 0.250. The van der Waals surface area contributed by atoms with Crippen LogP contribution in [0, 0.1) is 0 Å². The Balaban J connectivity index is 2.43. The van der Waals surface area contributed by atoms with Gasteiger partial charge in [0, 0.05) is 6.20 Å². The van der Waals surface area contributed by atoms with Crippen LogP contribution in [-0.2, 0) is 0 Å². The standard InChI is InChI=1S/C8H10N2/c1-7-4-5-8-3-2-6-10(8)9-7/h2-7,9H,1H3. The number of nitrogens with one attached hydrogen (secondary N) is 1. The molecule has 0 aliphatic carbocycles. The van der Waals surface area contributed by atoms with E-state index in [4.69, 9.17) is 0 Å². The Hall–Kier alpha value is -1.18. The zero-order valence-corrected chi connectivity index (χ0v) is 5.91. The molecule has 52 valence electrons. The molecule has 2 heterocycles. The van der Waals surface area contributed by atoms with Crippen LogP contribution in [0.1, 0.15) is 12.6 Å². The van der Waals surface area contributed by atoms with Crippen molar-refractivity contribution >= 4 is 6.08 Å². The van der Waals surface area contributed by atoms with Crippen LogP contribution in [0.15, 0.2) is 24.4 Å². The molecule has 1 aliphatic heterocycles. The Kier molecular flexibility index (Phi) is 1.07. The van der Waals surface area contributed by atoms with E-state index in [1.54, 1.807) is 0 Å². The van der Waals surface area contributed by atoms with Gasteiger partial charge in [-0.3, -0.25) is 4.68 Å². The molecular formula is C8H10N2. The van der Waals surface area contributed by atoms with E-state index in [1.807, 2.05) is 16.9 Å². The third-order valence-electron chi connectivity index (χ3n) is 1.68. The molecule has 1 atom stereocenters. The first kappa shape index (κ1) is 5.59. The van der Waals surface area contributed by atoms with Crippen molar-refractivity contribution in [1.82, 2.24) is 4.68 Å². The Morgan fingerprint density at radius 2 is 2.50 bits per heavy atom. The van der Waals surface area contributed by atoms with Crippen molar-refractivity contribution in [2.75, 3.05) is 5.43 Å². The summed E-state index contributed by atoms with van der Waals surface area (Å²) in [5.74, 6) is 0. The fourth-order valence-corrected chi connectivity index (χ4v) is 1.15. The first-order valence-electron chi connectivity index (χ1n) is 3.48. The molecule has 2 rings (SSSR count). The van der Waals surface area contributed by atoms with E-state index in [-0.39, 0.29) is 0 Å².